The van der Waals surface area contributed by atoms with Gasteiger partial charge in [-0.2, -0.15) is 0 Å². The molecule has 2 unspecified atom stereocenters. The van der Waals surface area contributed by atoms with Gasteiger partial charge in [0, 0.05) is 12.6 Å². The first-order chi connectivity index (χ1) is 15.2. The first-order valence-electron chi connectivity index (χ1n) is 11.4. The average Bonchev–Trinajstić information content (AvgIpc) is 3.47. The lowest BCUT2D eigenvalue weighted by Crippen LogP contribution is -2.56. The van der Waals surface area contributed by atoms with Crippen molar-refractivity contribution in [3.63, 3.8) is 0 Å². The third-order valence-electron chi connectivity index (χ3n) is 6.43. The van der Waals surface area contributed by atoms with Crippen LogP contribution in [0.1, 0.15) is 52.2 Å². The third-order valence-corrected chi connectivity index (χ3v) is 6.43. The van der Waals surface area contributed by atoms with Gasteiger partial charge in [-0.1, -0.05) is 27.2 Å². The van der Waals surface area contributed by atoms with E-state index >= 15 is 0 Å². The van der Waals surface area contributed by atoms with Gasteiger partial charge in [0.05, 0.1) is 12.4 Å². The van der Waals surface area contributed by atoms with Crippen LogP contribution < -0.4 is 15.4 Å². The maximum Gasteiger partial charge on any atom is 0.413 e. The summed E-state index contributed by atoms with van der Waals surface area (Å²) in [4.78, 5) is 40.4. The van der Waals surface area contributed by atoms with Crippen LogP contribution >= 0.6 is 0 Å². The van der Waals surface area contributed by atoms with Crippen LogP contribution in [0.3, 0.4) is 0 Å². The highest BCUT2D eigenvalue weighted by Crippen LogP contribution is 2.27. The zero-order valence-electron chi connectivity index (χ0n) is 19.4. The van der Waals surface area contributed by atoms with E-state index in [1.54, 1.807) is 6.92 Å². The summed E-state index contributed by atoms with van der Waals surface area (Å²) in [5.74, 6) is 0.199. The molecule has 0 spiro atoms. The van der Waals surface area contributed by atoms with Gasteiger partial charge in [0.25, 0.3) is 0 Å². The van der Waals surface area contributed by atoms with Crippen LogP contribution in [0, 0.1) is 12.3 Å². The van der Waals surface area contributed by atoms with Gasteiger partial charge in [-0.05, 0) is 44.7 Å². The van der Waals surface area contributed by atoms with Gasteiger partial charge in [0.1, 0.15) is 24.5 Å². The highest BCUT2D eigenvalue weighted by molar-refractivity contribution is 5.94. The molecule has 2 amide bonds. The fraction of sp³-hybridized carbons (Fsp3) is 0.696. The zero-order chi connectivity index (χ0) is 23.3. The number of nitrogens with zero attached hydrogens (tertiary/aromatic N) is 1. The van der Waals surface area contributed by atoms with Gasteiger partial charge in [-0.25, -0.2) is 4.79 Å². The van der Waals surface area contributed by atoms with Crippen LogP contribution in [0.25, 0.3) is 0 Å². The Labute approximate surface area is 189 Å². The van der Waals surface area contributed by atoms with E-state index in [9.17, 15) is 14.4 Å². The number of aryl methyl sites for hydroxylation is 1. The maximum absolute atomic E-state index is 13.2. The Bertz CT molecular complexity index is 814. The van der Waals surface area contributed by atoms with Crippen molar-refractivity contribution < 1.29 is 28.3 Å². The summed E-state index contributed by atoms with van der Waals surface area (Å²) in [5.41, 5.74) is -0.202. The minimum Gasteiger partial charge on any atom is -0.466 e. The van der Waals surface area contributed by atoms with E-state index in [1.165, 1.54) is 12.3 Å². The lowest BCUT2D eigenvalue weighted by Gasteiger charge is -2.30. The summed E-state index contributed by atoms with van der Waals surface area (Å²) in [7, 11) is 0. The predicted molar refractivity (Wildman–Crippen MR) is 117 cm³/mol. The Kier molecular flexibility index (Phi) is 7.95. The number of ketones is 1. The van der Waals surface area contributed by atoms with Crippen LogP contribution in [0.5, 0.6) is 5.75 Å². The topological polar surface area (TPSA) is 110 Å². The van der Waals surface area contributed by atoms with Crippen LogP contribution in [0.4, 0.5) is 4.79 Å². The van der Waals surface area contributed by atoms with Gasteiger partial charge in [-0.15, -0.1) is 0 Å². The molecule has 0 saturated carbocycles. The summed E-state index contributed by atoms with van der Waals surface area (Å²) in [6, 6.07) is -0.0351. The van der Waals surface area contributed by atoms with Crippen molar-refractivity contribution in [2.24, 2.45) is 5.41 Å². The van der Waals surface area contributed by atoms with E-state index in [2.05, 4.69) is 15.5 Å². The first kappa shape index (κ1) is 24.3. The second kappa shape index (κ2) is 10.5. The normalized spacial score (nSPS) is 22.7. The second-order valence-corrected chi connectivity index (χ2v) is 9.46. The Morgan fingerprint density at radius 1 is 1.31 bits per heavy atom. The lowest BCUT2D eigenvalue weighted by molar-refractivity contribution is -0.128. The minimum absolute atomic E-state index is 0.0101. The summed E-state index contributed by atoms with van der Waals surface area (Å²) in [6.07, 6.45) is 3.77. The average molecular weight is 450 g/mol. The largest absolute Gasteiger partial charge is 0.466 e. The predicted octanol–water partition coefficient (Wildman–Crippen LogP) is 2.42. The minimum atomic E-state index is -0.856. The standard InChI is InChI=1S/C23H35N3O6/c1-5-23(3,4)12-16(24-22(29)32-18-8-11-30-15(18)2)21(28)25-20-17(27)14-31-19(20)13-26-9-6-7-10-26/h8,11,16,19-20H,5-7,9-10,12-14H2,1-4H3,(H,24,29)(H,25,28)/t16-,19?,20?/m0/s1. The quantitative estimate of drug-likeness (QED) is 0.596. The number of hydrogen-bond donors (Lipinski definition) is 2. The number of ether oxygens (including phenoxy) is 2. The molecule has 1 aromatic rings. The van der Waals surface area contributed by atoms with E-state index in [4.69, 9.17) is 13.9 Å². The number of rotatable bonds is 9. The fourth-order valence-electron chi connectivity index (χ4n) is 4.04. The molecule has 32 heavy (non-hydrogen) atoms. The van der Waals surface area contributed by atoms with Crippen molar-refractivity contribution in [1.82, 2.24) is 15.5 Å². The summed E-state index contributed by atoms with van der Waals surface area (Å²) >= 11 is 0. The smallest absolute Gasteiger partial charge is 0.413 e. The lowest BCUT2D eigenvalue weighted by atomic mass is 9.83. The summed E-state index contributed by atoms with van der Waals surface area (Å²) in [6.45, 7) is 10.3. The number of furan rings is 1. The molecule has 0 bridgehead atoms. The number of nitrogens with one attached hydrogen (secondary N) is 2. The highest BCUT2D eigenvalue weighted by Gasteiger charge is 2.40. The van der Waals surface area contributed by atoms with E-state index in [0.29, 0.717) is 24.5 Å². The van der Waals surface area contributed by atoms with Crippen molar-refractivity contribution in [3.05, 3.63) is 18.1 Å². The molecule has 178 valence electrons. The number of amides is 2. The molecular formula is C23H35N3O6. The van der Waals surface area contributed by atoms with Crippen LogP contribution in [0.2, 0.25) is 0 Å². The van der Waals surface area contributed by atoms with Gasteiger partial charge >= 0.3 is 6.09 Å². The molecule has 9 nitrogen and oxygen atoms in total. The molecule has 1 aromatic heterocycles. The van der Waals surface area contributed by atoms with Crippen LogP contribution in [-0.4, -0.2) is 67.1 Å². The molecule has 0 aliphatic carbocycles. The van der Waals surface area contributed by atoms with Gasteiger partial charge in [0.15, 0.2) is 11.5 Å². The second-order valence-electron chi connectivity index (χ2n) is 9.46. The van der Waals surface area contributed by atoms with Gasteiger partial charge in [-0.3, -0.25) is 9.59 Å². The van der Waals surface area contributed by atoms with Crippen molar-refractivity contribution in [3.8, 4) is 5.75 Å². The molecule has 2 saturated heterocycles. The fourth-order valence-corrected chi connectivity index (χ4v) is 4.04. The SMILES string of the molecule is CCC(C)(C)C[C@H](NC(=O)Oc1ccoc1C)C(=O)NC1C(=O)COC1CN1CCCC1. The van der Waals surface area contributed by atoms with Crippen molar-refractivity contribution >= 4 is 17.8 Å². The van der Waals surface area contributed by atoms with Crippen LogP contribution in [0.15, 0.2) is 16.7 Å². The number of carbonyl (C=O) groups is 3. The summed E-state index contributed by atoms with van der Waals surface area (Å²) < 4.78 is 16.1. The molecule has 9 heteroatoms. The number of carbonyl (C=O) groups excluding carboxylic acids is 3. The highest BCUT2D eigenvalue weighted by atomic mass is 16.6. The zero-order valence-corrected chi connectivity index (χ0v) is 19.4. The van der Waals surface area contributed by atoms with Gasteiger partial charge in [0.2, 0.25) is 5.91 Å². The Balaban J connectivity index is 1.67. The molecule has 3 atom stereocenters. The van der Waals surface area contributed by atoms with Crippen molar-refractivity contribution in [2.75, 3.05) is 26.2 Å². The third kappa shape index (κ3) is 6.32. The molecule has 0 radical (unpaired) electrons. The van der Waals surface area contributed by atoms with E-state index in [-0.39, 0.29) is 23.9 Å². The Hall–Kier alpha value is -2.39. The molecule has 2 fully saturated rings. The van der Waals surface area contributed by atoms with E-state index in [0.717, 1.165) is 32.4 Å². The maximum atomic E-state index is 13.2. The molecule has 2 aliphatic heterocycles. The molecule has 3 heterocycles. The molecule has 2 N–H and O–H groups in total. The first-order valence-corrected chi connectivity index (χ1v) is 11.4. The van der Waals surface area contributed by atoms with Gasteiger partial charge < -0.3 is 29.4 Å². The van der Waals surface area contributed by atoms with Crippen LogP contribution in [-0.2, 0) is 14.3 Å². The molecule has 0 aromatic carbocycles. The molecular weight excluding hydrogens is 414 g/mol. The monoisotopic (exact) mass is 449 g/mol. The Morgan fingerprint density at radius 3 is 2.66 bits per heavy atom. The number of Topliss-reactive ketones (excluding diaryl/α,β-unsaturated/α-hetero) is 1. The summed E-state index contributed by atoms with van der Waals surface area (Å²) in [5, 5.41) is 5.52. The molecule has 3 rings (SSSR count). The Morgan fingerprint density at radius 2 is 2.03 bits per heavy atom. The van der Waals surface area contributed by atoms with E-state index < -0.39 is 24.1 Å². The molecule has 2 aliphatic rings. The van der Waals surface area contributed by atoms with Crippen molar-refractivity contribution in [1.29, 1.82) is 0 Å². The number of likely N-dealkylation sites (tertiary alicyclic amines) is 1. The van der Waals surface area contributed by atoms with E-state index in [1.807, 2.05) is 20.8 Å². The number of hydrogen-bond acceptors (Lipinski definition) is 7. The van der Waals surface area contributed by atoms with Crippen molar-refractivity contribution in [2.45, 2.75) is 71.6 Å².